The van der Waals surface area contributed by atoms with Crippen molar-refractivity contribution >= 4 is 43.1 Å². The van der Waals surface area contributed by atoms with E-state index in [1.54, 1.807) is 0 Å². The molecular weight excluding hydrogens is 504 g/mol. The van der Waals surface area contributed by atoms with Crippen molar-refractivity contribution in [3.8, 4) is 0 Å². The second-order valence-electron chi connectivity index (χ2n) is 13.3. The molecule has 0 radical (unpaired) electrons. The van der Waals surface area contributed by atoms with Gasteiger partial charge in [0, 0.05) is 0 Å². The first-order valence-corrected chi connectivity index (χ1v) is 15.2. The Morgan fingerprint density at radius 2 is 0.667 bits per heavy atom. The van der Waals surface area contributed by atoms with E-state index in [-0.39, 0.29) is 10.8 Å². The van der Waals surface area contributed by atoms with Gasteiger partial charge in [-0.05, 0) is 89.0 Å². The number of fused-ring (bicyclic) bond motifs is 4. The van der Waals surface area contributed by atoms with E-state index in [1.165, 1.54) is 65.3 Å². The molecule has 0 nitrogen and oxygen atoms in total. The normalized spacial score (nSPS) is 12.5. The summed E-state index contributed by atoms with van der Waals surface area (Å²) in [4.78, 5) is 0. The molecule has 0 amide bonds. The number of rotatable bonds is 6. The SMILES string of the molecule is CC(C)(Cc1ccc2ccccc2c1)c1c2ccccc2c(C(C)(C)Cc2ccc3ccccc3c2)c2ccccc12. The van der Waals surface area contributed by atoms with Crippen molar-refractivity contribution in [2.45, 2.75) is 51.4 Å². The highest BCUT2D eigenvalue weighted by molar-refractivity contribution is 6.07. The predicted octanol–water partition coefficient (Wildman–Crippen LogP) is 11.3. The van der Waals surface area contributed by atoms with Crippen molar-refractivity contribution in [1.29, 1.82) is 0 Å². The summed E-state index contributed by atoms with van der Waals surface area (Å²) in [5, 5.41) is 10.7. The molecule has 0 aliphatic rings. The van der Waals surface area contributed by atoms with Crippen molar-refractivity contribution < 1.29 is 0 Å². The quantitative estimate of drug-likeness (QED) is 0.183. The van der Waals surface area contributed by atoms with Gasteiger partial charge in [-0.15, -0.1) is 0 Å². The first-order chi connectivity index (χ1) is 20.3. The van der Waals surface area contributed by atoms with E-state index < -0.39 is 0 Å². The molecule has 0 fully saturated rings. The molecule has 0 heterocycles. The molecule has 0 heteroatoms. The van der Waals surface area contributed by atoms with Gasteiger partial charge in [-0.25, -0.2) is 0 Å². The van der Waals surface area contributed by atoms with Crippen LogP contribution in [0.25, 0.3) is 43.1 Å². The van der Waals surface area contributed by atoms with Crippen LogP contribution in [-0.4, -0.2) is 0 Å². The Labute approximate surface area is 249 Å². The van der Waals surface area contributed by atoms with Gasteiger partial charge in [0.2, 0.25) is 0 Å². The maximum absolute atomic E-state index is 2.43. The van der Waals surface area contributed by atoms with Crippen molar-refractivity contribution in [1.82, 2.24) is 0 Å². The highest BCUT2D eigenvalue weighted by Crippen LogP contribution is 2.45. The lowest BCUT2D eigenvalue weighted by atomic mass is 9.69. The lowest BCUT2D eigenvalue weighted by Crippen LogP contribution is -2.25. The van der Waals surface area contributed by atoms with E-state index in [2.05, 4.69) is 161 Å². The minimum Gasteiger partial charge on any atom is -0.0616 e. The van der Waals surface area contributed by atoms with Crippen molar-refractivity contribution in [3.05, 3.63) is 156 Å². The zero-order chi connectivity index (χ0) is 28.9. The van der Waals surface area contributed by atoms with Gasteiger partial charge in [-0.1, -0.05) is 161 Å². The highest BCUT2D eigenvalue weighted by atomic mass is 14.3. The minimum atomic E-state index is -0.0668. The highest BCUT2D eigenvalue weighted by Gasteiger charge is 2.32. The van der Waals surface area contributed by atoms with E-state index in [0.29, 0.717) is 0 Å². The minimum absolute atomic E-state index is 0.0668. The monoisotopic (exact) mass is 542 g/mol. The van der Waals surface area contributed by atoms with Crippen LogP contribution in [0.15, 0.2) is 133 Å². The summed E-state index contributed by atoms with van der Waals surface area (Å²) >= 11 is 0. The van der Waals surface area contributed by atoms with Crippen LogP contribution in [0.4, 0.5) is 0 Å². The molecule has 7 aromatic rings. The van der Waals surface area contributed by atoms with Crippen LogP contribution in [-0.2, 0) is 23.7 Å². The summed E-state index contributed by atoms with van der Waals surface area (Å²) in [5.41, 5.74) is 5.53. The molecule has 0 aromatic heterocycles. The van der Waals surface area contributed by atoms with Crippen molar-refractivity contribution in [2.75, 3.05) is 0 Å². The first kappa shape index (κ1) is 26.5. The lowest BCUT2D eigenvalue weighted by Gasteiger charge is -2.34. The molecule has 0 unspecified atom stereocenters. The molecular formula is C42H38. The molecule has 206 valence electrons. The Bertz CT molecular complexity index is 1880. The molecule has 0 saturated carbocycles. The summed E-state index contributed by atoms with van der Waals surface area (Å²) in [6.45, 7) is 9.71. The van der Waals surface area contributed by atoms with Crippen LogP contribution in [0.2, 0.25) is 0 Å². The van der Waals surface area contributed by atoms with E-state index in [0.717, 1.165) is 12.8 Å². The van der Waals surface area contributed by atoms with Crippen LogP contribution in [0.3, 0.4) is 0 Å². The van der Waals surface area contributed by atoms with E-state index in [1.807, 2.05) is 0 Å². The summed E-state index contributed by atoms with van der Waals surface area (Å²) in [6.07, 6.45) is 1.96. The molecule has 0 bridgehead atoms. The second-order valence-corrected chi connectivity index (χ2v) is 13.3. The molecule has 0 N–H and O–H groups in total. The maximum atomic E-state index is 2.43. The topological polar surface area (TPSA) is 0 Å². The third-order valence-corrected chi connectivity index (χ3v) is 9.20. The van der Waals surface area contributed by atoms with Gasteiger partial charge in [-0.2, -0.15) is 0 Å². The van der Waals surface area contributed by atoms with E-state index in [4.69, 9.17) is 0 Å². The lowest BCUT2D eigenvalue weighted by molar-refractivity contribution is 0.525. The average Bonchev–Trinajstić information content (AvgIpc) is 2.99. The summed E-state index contributed by atoms with van der Waals surface area (Å²) in [5.74, 6) is 0. The van der Waals surface area contributed by atoms with Gasteiger partial charge >= 0.3 is 0 Å². The van der Waals surface area contributed by atoms with Crippen LogP contribution in [0.1, 0.15) is 49.9 Å². The summed E-state index contributed by atoms with van der Waals surface area (Å²) in [7, 11) is 0. The number of benzene rings is 7. The van der Waals surface area contributed by atoms with Crippen molar-refractivity contribution in [3.63, 3.8) is 0 Å². The molecule has 0 aliphatic carbocycles. The summed E-state index contributed by atoms with van der Waals surface area (Å²) in [6, 6.07) is 49.6. The van der Waals surface area contributed by atoms with Gasteiger partial charge in [0.15, 0.2) is 0 Å². The number of hydrogen-bond acceptors (Lipinski definition) is 0. The second kappa shape index (κ2) is 10.1. The Kier molecular flexibility index (Phi) is 6.39. The molecule has 0 spiro atoms. The van der Waals surface area contributed by atoms with Gasteiger partial charge in [0.1, 0.15) is 0 Å². The molecule has 0 saturated heterocycles. The van der Waals surface area contributed by atoms with E-state index >= 15 is 0 Å². The molecule has 42 heavy (non-hydrogen) atoms. The van der Waals surface area contributed by atoms with Crippen LogP contribution >= 0.6 is 0 Å². The molecule has 7 aromatic carbocycles. The zero-order valence-electron chi connectivity index (χ0n) is 25.1. The van der Waals surface area contributed by atoms with Crippen LogP contribution in [0.5, 0.6) is 0 Å². The predicted molar refractivity (Wildman–Crippen MR) is 183 cm³/mol. The van der Waals surface area contributed by atoms with Gasteiger partial charge in [-0.3, -0.25) is 0 Å². The zero-order valence-corrected chi connectivity index (χ0v) is 25.1. The van der Waals surface area contributed by atoms with Gasteiger partial charge in [0.05, 0.1) is 0 Å². The fraction of sp³-hybridized carbons (Fsp3) is 0.190. The third-order valence-electron chi connectivity index (χ3n) is 9.20. The van der Waals surface area contributed by atoms with Gasteiger partial charge in [0.25, 0.3) is 0 Å². The molecule has 0 atom stereocenters. The largest absolute Gasteiger partial charge is 0.0616 e. The smallest absolute Gasteiger partial charge is 0.00509 e. The first-order valence-electron chi connectivity index (χ1n) is 15.2. The molecule has 7 rings (SSSR count). The summed E-state index contributed by atoms with van der Waals surface area (Å²) < 4.78 is 0. The third kappa shape index (κ3) is 4.66. The Morgan fingerprint density at radius 3 is 1.02 bits per heavy atom. The van der Waals surface area contributed by atoms with Crippen LogP contribution in [0, 0.1) is 0 Å². The fourth-order valence-electron chi connectivity index (χ4n) is 7.48. The fourth-order valence-corrected chi connectivity index (χ4v) is 7.48. The molecule has 0 aliphatic heterocycles. The maximum Gasteiger partial charge on any atom is -0.00509 e. The average molecular weight is 543 g/mol. The Hall–Kier alpha value is -4.42. The van der Waals surface area contributed by atoms with Crippen molar-refractivity contribution in [2.24, 2.45) is 0 Å². The van der Waals surface area contributed by atoms with E-state index in [9.17, 15) is 0 Å². The number of hydrogen-bond donors (Lipinski definition) is 0. The van der Waals surface area contributed by atoms with Gasteiger partial charge < -0.3 is 0 Å². The van der Waals surface area contributed by atoms with Crippen LogP contribution < -0.4 is 0 Å². The standard InChI is InChI=1S/C42H38/c1-41(2,27-29-21-23-31-13-5-7-15-33(31)25-29)39-35-17-9-11-19-37(35)40(38-20-12-10-18-36(38)39)42(3,4)28-30-22-24-32-14-6-8-16-34(32)26-30/h5-26H,27-28H2,1-4H3. The Balaban J connectivity index is 1.38. The Morgan fingerprint density at radius 1 is 0.357 bits per heavy atom.